The number of hydrogen-bond acceptors (Lipinski definition) is 3. The molecule has 3 rings (SSSR count). The van der Waals surface area contributed by atoms with Gasteiger partial charge in [-0.25, -0.2) is 0 Å². The largest absolute Gasteiger partial charge is 0.492 e. The van der Waals surface area contributed by atoms with Crippen molar-refractivity contribution in [1.29, 1.82) is 0 Å². The Bertz CT molecular complexity index is 480. The van der Waals surface area contributed by atoms with Gasteiger partial charge in [-0.05, 0) is 6.07 Å². The zero-order valence-corrected chi connectivity index (χ0v) is 12.1. The Labute approximate surface area is 120 Å². The number of alkyl halides is 1. The summed E-state index contributed by atoms with van der Waals surface area (Å²) in [5.41, 5.74) is 1.01. The van der Waals surface area contributed by atoms with Crippen molar-refractivity contribution in [3.05, 3.63) is 29.8 Å². The van der Waals surface area contributed by atoms with E-state index >= 15 is 0 Å². The molecule has 0 saturated carbocycles. The fraction of sp³-hybridized carbons (Fsp3) is 0.500. The normalized spacial score (nSPS) is 25.8. The highest BCUT2D eigenvalue weighted by molar-refractivity contribution is 9.09. The lowest BCUT2D eigenvalue weighted by Gasteiger charge is -2.36. The van der Waals surface area contributed by atoms with Crippen molar-refractivity contribution in [3.8, 4) is 5.75 Å². The van der Waals surface area contributed by atoms with Crippen LogP contribution in [0.2, 0.25) is 0 Å². The van der Waals surface area contributed by atoms with E-state index in [0.717, 1.165) is 16.6 Å². The first-order chi connectivity index (χ1) is 9.31. The molecule has 19 heavy (non-hydrogen) atoms. The number of halogens is 1. The Kier molecular flexibility index (Phi) is 3.75. The van der Waals surface area contributed by atoms with E-state index in [1.54, 1.807) is 0 Å². The highest BCUT2D eigenvalue weighted by atomic mass is 79.9. The number of ether oxygens (including phenoxy) is 2. The van der Waals surface area contributed by atoms with Gasteiger partial charge in [-0.2, -0.15) is 0 Å². The van der Waals surface area contributed by atoms with Crippen LogP contribution in [0.5, 0.6) is 5.75 Å². The second-order valence-corrected chi connectivity index (χ2v) is 5.46. The van der Waals surface area contributed by atoms with Gasteiger partial charge in [0.25, 0.3) is 0 Å². The Morgan fingerprint density at radius 2 is 2.21 bits per heavy atom. The first kappa shape index (κ1) is 12.9. The lowest BCUT2D eigenvalue weighted by atomic mass is 9.99. The van der Waals surface area contributed by atoms with E-state index in [1.807, 2.05) is 29.2 Å². The third kappa shape index (κ3) is 2.37. The second-order valence-electron chi connectivity index (χ2n) is 4.82. The Morgan fingerprint density at radius 3 is 3.05 bits per heavy atom. The molecule has 1 fully saturated rings. The average molecular weight is 326 g/mol. The summed E-state index contributed by atoms with van der Waals surface area (Å²) in [5, 5.41) is 0.744. The smallest absolute Gasteiger partial charge is 0.234 e. The molecule has 2 atom stereocenters. The number of morpholine rings is 1. The number of para-hydroxylation sites is 1. The summed E-state index contributed by atoms with van der Waals surface area (Å²) in [7, 11) is 0. The maximum absolute atomic E-state index is 12.7. The number of carbonyl (C=O) groups is 1. The van der Waals surface area contributed by atoms with Crippen molar-refractivity contribution >= 4 is 21.8 Å². The topological polar surface area (TPSA) is 38.8 Å². The van der Waals surface area contributed by atoms with Gasteiger partial charge in [-0.3, -0.25) is 4.79 Å². The number of hydrogen-bond donors (Lipinski definition) is 0. The van der Waals surface area contributed by atoms with Crippen LogP contribution in [0.1, 0.15) is 11.5 Å². The van der Waals surface area contributed by atoms with Crippen LogP contribution < -0.4 is 4.74 Å². The molecule has 2 aliphatic heterocycles. The maximum atomic E-state index is 12.7. The summed E-state index contributed by atoms with van der Waals surface area (Å²) in [5.74, 6) is 0.818. The quantitative estimate of drug-likeness (QED) is 0.778. The lowest BCUT2D eigenvalue weighted by molar-refractivity contribution is -0.140. The van der Waals surface area contributed by atoms with Crippen LogP contribution in [-0.4, -0.2) is 48.5 Å². The summed E-state index contributed by atoms with van der Waals surface area (Å²) < 4.78 is 11.0. The van der Waals surface area contributed by atoms with Gasteiger partial charge in [0.2, 0.25) is 5.91 Å². The molecule has 102 valence electrons. The SMILES string of the molecule is O=C(C1COc2ccccc21)N1CCOCC1CBr. The third-order valence-corrected chi connectivity index (χ3v) is 4.43. The first-order valence-electron chi connectivity index (χ1n) is 6.47. The molecule has 5 heteroatoms. The average Bonchev–Trinajstić information content (AvgIpc) is 2.90. The maximum Gasteiger partial charge on any atom is 0.234 e. The molecule has 4 nitrogen and oxygen atoms in total. The van der Waals surface area contributed by atoms with E-state index in [4.69, 9.17) is 9.47 Å². The Hall–Kier alpha value is -1.07. The minimum atomic E-state index is -0.171. The lowest BCUT2D eigenvalue weighted by Crippen LogP contribution is -2.51. The fourth-order valence-corrected chi connectivity index (χ4v) is 3.18. The number of nitrogens with zero attached hydrogens (tertiary/aromatic N) is 1. The van der Waals surface area contributed by atoms with Crippen LogP contribution in [-0.2, 0) is 9.53 Å². The molecule has 0 N–H and O–H groups in total. The molecular formula is C14H16BrNO3. The van der Waals surface area contributed by atoms with Gasteiger partial charge < -0.3 is 14.4 Å². The number of benzene rings is 1. The molecule has 2 heterocycles. The van der Waals surface area contributed by atoms with Crippen molar-refractivity contribution in [2.75, 3.05) is 31.7 Å². The van der Waals surface area contributed by atoms with Crippen LogP contribution in [0.15, 0.2) is 24.3 Å². The summed E-state index contributed by atoms with van der Waals surface area (Å²) in [6.07, 6.45) is 0. The minimum Gasteiger partial charge on any atom is -0.492 e. The standard InChI is InChI=1S/C14H16BrNO3/c15-7-10-8-18-6-5-16(10)14(17)12-9-19-13-4-2-1-3-11(12)13/h1-4,10,12H,5-9H2. The van der Waals surface area contributed by atoms with Crippen LogP contribution in [0.4, 0.5) is 0 Å². The zero-order chi connectivity index (χ0) is 13.2. The Morgan fingerprint density at radius 1 is 1.37 bits per heavy atom. The van der Waals surface area contributed by atoms with Crippen LogP contribution in [0.25, 0.3) is 0 Å². The molecule has 0 bridgehead atoms. The molecule has 0 spiro atoms. The number of fused-ring (bicyclic) bond motifs is 1. The van der Waals surface area contributed by atoms with Gasteiger partial charge in [0.15, 0.2) is 0 Å². The minimum absolute atomic E-state index is 0.119. The first-order valence-corrected chi connectivity index (χ1v) is 7.59. The van der Waals surface area contributed by atoms with Gasteiger partial charge in [0.05, 0.1) is 19.3 Å². The monoisotopic (exact) mass is 325 g/mol. The zero-order valence-electron chi connectivity index (χ0n) is 10.5. The molecule has 1 saturated heterocycles. The Balaban J connectivity index is 1.81. The molecule has 0 aromatic heterocycles. The van der Waals surface area contributed by atoms with Gasteiger partial charge in [0, 0.05) is 17.4 Å². The molecule has 1 aromatic carbocycles. The van der Waals surface area contributed by atoms with E-state index in [9.17, 15) is 4.79 Å². The summed E-state index contributed by atoms with van der Waals surface area (Å²) in [6, 6.07) is 7.91. The van der Waals surface area contributed by atoms with Crippen molar-refractivity contribution in [1.82, 2.24) is 4.90 Å². The molecule has 0 aliphatic carbocycles. The van der Waals surface area contributed by atoms with Crippen molar-refractivity contribution in [2.24, 2.45) is 0 Å². The molecule has 0 radical (unpaired) electrons. The molecule has 1 aromatic rings. The highest BCUT2D eigenvalue weighted by Crippen LogP contribution is 2.35. The number of amides is 1. The molecule has 1 amide bonds. The second kappa shape index (κ2) is 5.51. The van der Waals surface area contributed by atoms with E-state index in [1.165, 1.54) is 0 Å². The fourth-order valence-electron chi connectivity index (χ4n) is 2.64. The van der Waals surface area contributed by atoms with Crippen LogP contribution in [0, 0.1) is 0 Å². The van der Waals surface area contributed by atoms with E-state index in [0.29, 0.717) is 26.4 Å². The van der Waals surface area contributed by atoms with Crippen molar-refractivity contribution in [3.63, 3.8) is 0 Å². The van der Waals surface area contributed by atoms with Gasteiger partial charge >= 0.3 is 0 Å². The number of carbonyl (C=O) groups excluding carboxylic acids is 1. The third-order valence-electron chi connectivity index (χ3n) is 3.69. The van der Waals surface area contributed by atoms with Crippen LogP contribution >= 0.6 is 15.9 Å². The van der Waals surface area contributed by atoms with Crippen molar-refractivity contribution < 1.29 is 14.3 Å². The van der Waals surface area contributed by atoms with Gasteiger partial charge in [0.1, 0.15) is 18.3 Å². The van der Waals surface area contributed by atoms with E-state index in [-0.39, 0.29) is 17.9 Å². The predicted molar refractivity (Wildman–Crippen MR) is 74.8 cm³/mol. The molecule has 2 unspecified atom stereocenters. The van der Waals surface area contributed by atoms with Gasteiger partial charge in [-0.15, -0.1) is 0 Å². The molecular weight excluding hydrogens is 310 g/mol. The highest BCUT2D eigenvalue weighted by Gasteiger charge is 2.36. The predicted octanol–water partition coefficient (Wildman–Crippen LogP) is 1.78. The molecule has 2 aliphatic rings. The summed E-state index contributed by atoms with van der Waals surface area (Å²) in [6.45, 7) is 2.33. The summed E-state index contributed by atoms with van der Waals surface area (Å²) >= 11 is 3.45. The van der Waals surface area contributed by atoms with Crippen molar-refractivity contribution in [2.45, 2.75) is 12.0 Å². The van der Waals surface area contributed by atoms with E-state index in [2.05, 4.69) is 15.9 Å². The summed E-state index contributed by atoms with van der Waals surface area (Å²) in [4.78, 5) is 14.6. The van der Waals surface area contributed by atoms with E-state index < -0.39 is 0 Å². The van der Waals surface area contributed by atoms with Gasteiger partial charge in [-0.1, -0.05) is 34.1 Å². The van der Waals surface area contributed by atoms with Crippen LogP contribution in [0.3, 0.4) is 0 Å². The number of rotatable bonds is 2.